The summed E-state index contributed by atoms with van der Waals surface area (Å²) in [5, 5.41) is 5.56. The average Bonchev–Trinajstić information content (AvgIpc) is 2.93. The molecule has 0 unspecified atom stereocenters. The van der Waals surface area contributed by atoms with Crippen LogP contribution in [-0.4, -0.2) is 36.1 Å². The second kappa shape index (κ2) is 11.7. The highest BCUT2D eigenvalue weighted by Crippen LogP contribution is 2.47. The molecular formula is C29H27N5O3. The summed E-state index contributed by atoms with van der Waals surface area (Å²) in [6.07, 6.45) is 6.94. The SMILES string of the molecule is NC(=O)N(CCNC(=O)Nc1ccccc1)[C@]1(c2ccccc2)C=CC(N=C=O)=C[C@@H]1c1ccccc1. The van der Waals surface area contributed by atoms with E-state index in [2.05, 4.69) is 15.6 Å². The molecule has 4 amide bonds. The number of allylic oxidation sites excluding steroid dienone is 1. The van der Waals surface area contributed by atoms with E-state index in [9.17, 15) is 14.4 Å². The maximum atomic E-state index is 13.0. The van der Waals surface area contributed by atoms with Crippen molar-refractivity contribution in [2.45, 2.75) is 11.5 Å². The first kappa shape index (κ1) is 25.2. The molecule has 3 aromatic rings. The van der Waals surface area contributed by atoms with Gasteiger partial charge in [0.1, 0.15) is 0 Å². The Labute approximate surface area is 215 Å². The number of anilines is 1. The van der Waals surface area contributed by atoms with E-state index in [1.165, 1.54) is 4.90 Å². The highest BCUT2D eigenvalue weighted by Gasteiger charge is 2.46. The first-order chi connectivity index (χ1) is 18.0. The molecule has 0 radical (unpaired) electrons. The highest BCUT2D eigenvalue weighted by atomic mass is 16.2. The molecule has 37 heavy (non-hydrogen) atoms. The minimum Gasteiger partial charge on any atom is -0.351 e. The Morgan fingerprint density at radius 1 is 0.946 bits per heavy atom. The molecule has 0 saturated heterocycles. The van der Waals surface area contributed by atoms with Gasteiger partial charge >= 0.3 is 12.1 Å². The summed E-state index contributed by atoms with van der Waals surface area (Å²) < 4.78 is 0. The van der Waals surface area contributed by atoms with Crippen molar-refractivity contribution >= 4 is 23.8 Å². The van der Waals surface area contributed by atoms with Gasteiger partial charge in [-0.2, -0.15) is 4.99 Å². The molecule has 0 bridgehead atoms. The second-order valence-electron chi connectivity index (χ2n) is 8.44. The van der Waals surface area contributed by atoms with E-state index in [4.69, 9.17) is 5.73 Å². The summed E-state index contributed by atoms with van der Waals surface area (Å²) in [5.74, 6) is -0.432. The van der Waals surface area contributed by atoms with Crippen molar-refractivity contribution in [3.8, 4) is 0 Å². The molecule has 2 atom stereocenters. The van der Waals surface area contributed by atoms with E-state index in [0.29, 0.717) is 11.4 Å². The number of aliphatic imine (C=N–C) groups is 1. The molecule has 1 aliphatic rings. The van der Waals surface area contributed by atoms with Crippen LogP contribution in [-0.2, 0) is 10.3 Å². The second-order valence-corrected chi connectivity index (χ2v) is 8.44. The fourth-order valence-electron chi connectivity index (χ4n) is 4.66. The Bertz CT molecular complexity index is 1340. The van der Waals surface area contributed by atoms with Gasteiger partial charge in [0.05, 0.1) is 11.2 Å². The molecule has 0 fully saturated rings. The number of nitrogens with one attached hydrogen (secondary N) is 2. The molecule has 0 heterocycles. The summed E-state index contributed by atoms with van der Waals surface area (Å²) in [7, 11) is 0. The number of hydrogen-bond donors (Lipinski definition) is 3. The van der Waals surface area contributed by atoms with Crippen LogP contribution in [0.25, 0.3) is 0 Å². The van der Waals surface area contributed by atoms with E-state index >= 15 is 0 Å². The number of carbonyl (C=O) groups excluding carboxylic acids is 3. The van der Waals surface area contributed by atoms with Crippen molar-refractivity contribution < 1.29 is 14.4 Å². The minimum atomic E-state index is -1.05. The zero-order valence-corrected chi connectivity index (χ0v) is 20.1. The lowest BCUT2D eigenvalue weighted by atomic mass is 9.70. The van der Waals surface area contributed by atoms with E-state index in [-0.39, 0.29) is 13.1 Å². The van der Waals surface area contributed by atoms with Gasteiger partial charge < -0.3 is 21.3 Å². The van der Waals surface area contributed by atoms with Crippen LogP contribution in [0.1, 0.15) is 17.0 Å². The van der Waals surface area contributed by atoms with Crippen molar-refractivity contribution in [2.75, 3.05) is 18.4 Å². The lowest BCUT2D eigenvalue weighted by Gasteiger charge is -2.47. The zero-order valence-electron chi connectivity index (χ0n) is 20.1. The Morgan fingerprint density at radius 3 is 2.19 bits per heavy atom. The van der Waals surface area contributed by atoms with Gasteiger partial charge in [-0.1, -0.05) is 84.9 Å². The summed E-state index contributed by atoms with van der Waals surface area (Å²) in [5.41, 5.74) is 7.73. The summed E-state index contributed by atoms with van der Waals surface area (Å²) >= 11 is 0. The number of rotatable bonds is 8. The predicted octanol–water partition coefficient (Wildman–Crippen LogP) is 4.66. The maximum absolute atomic E-state index is 13.0. The third-order valence-electron chi connectivity index (χ3n) is 6.25. The summed E-state index contributed by atoms with van der Waals surface area (Å²) in [4.78, 5) is 41.9. The van der Waals surface area contributed by atoms with Crippen LogP contribution in [0.3, 0.4) is 0 Å². The first-order valence-corrected chi connectivity index (χ1v) is 11.8. The molecule has 8 nitrogen and oxygen atoms in total. The number of carbonyl (C=O) groups is 2. The normalized spacial score (nSPS) is 18.2. The molecule has 0 saturated carbocycles. The average molecular weight is 494 g/mol. The molecule has 0 aromatic heterocycles. The Balaban J connectivity index is 1.70. The topological polar surface area (TPSA) is 117 Å². The Kier molecular flexibility index (Phi) is 7.93. The molecule has 186 valence electrons. The van der Waals surface area contributed by atoms with Crippen LogP contribution in [0, 0.1) is 0 Å². The zero-order chi connectivity index (χ0) is 26.1. The molecule has 0 aliphatic heterocycles. The third-order valence-corrected chi connectivity index (χ3v) is 6.25. The summed E-state index contributed by atoms with van der Waals surface area (Å²) in [6.45, 7) is 0.273. The number of isocyanates is 1. The molecule has 0 spiro atoms. The van der Waals surface area contributed by atoms with Gasteiger partial charge in [-0.25, -0.2) is 14.4 Å². The number of nitrogens with zero attached hydrogens (tertiary/aromatic N) is 2. The Hall–Kier alpha value is -4.94. The number of para-hydroxylation sites is 1. The standard InChI is InChI=1S/C29H27N5O3/c30-27(36)34(19-18-31-28(37)33-24-14-8-3-9-15-24)29(23-12-6-2-7-13-23)17-16-25(32-21-35)20-26(29)22-10-4-1-5-11-22/h1-17,20,26H,18-19H2,(H2,30,36)(H2,31,33,37)/t26-,29+/m1/s1. The summed E-state index contributed by atoms with van der Waals surface area (Å²) in [6, 6.07) is 27.1. The van der Waals surface area contributed by atoms with Crippen LogP contribution in [0.2, 0.25) is 0 Å². The monoisotopic (exact) mass is 493 g/mol. The van der Waals surface area contributed by atoms with Crippen LogP contribution in [0.15, 0.2) is 120 Å². The molecule has 4 N–H and O–H groups in total. The van der Waals surface area contributed by atoms with Crippen molar-refractivity contribution in [2.24, 2.45) is 10.7 Å². The molecule has 8 heteroatoms. The number of primary amides is 1. The fourth-order valence-corrected chi connectivity index (χ4v) is 4.66. The number of amides is 4. The van der Waals surface area contributed by atoms with E-state index < -0.39 is 23.5 Å². The molecule has 1 aliphatic carbocycles. The van der Waals surface area contributed by atoms with Crippen LogP contribution < -0.4 is 16.4 Å². The molecular weight excluding hydrogens is 466 g/mol. The fraction of sp³-hybridized carbons (Fsp3) is 0.138. The van der Waals surface area contributed by atoms with Crippen molar-refractivity contribution in [3.05, 3.63) is 126 Å². The van der Waals surface area contributed by atoms with Gasteiger partial charge in [0.15, 0.2) is 0 Å². The smallest absolute Gasteiger partial charge is 0.319 e. The van der Waals surface area contributed by atoms with Gasteiger partial charge in [-0.15, -0.1) is 0 Å². The van der Waals surface area contributed by atoms with Gasteiger partial charge in [0.2, 0.25) is 6.08 Å². The first-order valence-electron chi connectivity index (χ1n) is 11.8. The maximum Gasteiger partial charge on any atom is 0.319 e. The van der Waals surface area contributed by atoms with Crippen LogP contribution in [0.5, 0.6) is 0 Å². The number of hydrogen-bond acceptors (Lipinski definition) is 4. The van der Waals surface area contributed by atoms with Gasteiger partial charge in [-0.3, -0.25) is 0 Å². The van der Waals surface area contributed by atoms with Crippen LogP contribution in [0.4, 0.5) is 15.3 Å². The minimum absolute atomic E-state index is 0.125. The van der Waals surface area contributed by atoms with E-state index in [1.54, 1.807) is 24.3 Å². The van der Waals surface area contributed by atoms with Crippen molar-refractivity contribution in [1.29, 1.82) is 0 Å². The predicted molar refractivity (Wildman–Crippen MR) is 142 cm³/mol. The van der Waals surface area contributed by atoms with Gasteiger partial charge in [0, 0.05) is 24.7 Å². The lowest BCUT2D eigenvalue weighted by molar-refractivity contribution is 0.137. The molecule has 4 rings (SSSR count). The highest BCUT2D eigenvalue weighted by molar-refractivity contribution is 5.89. The quantitative estimate of drug-likeness (QED) is 0.313. The largest absolute Gasteiger partial charge is 0.351 e. The van der Waals surface area contributed by atoms with Gasteiger partial charge in [-0.05, 0) is 35.4 Å². The molecule has 3 aromatic carbocycles. The number of urea groups is 2. The van der Waals surface area contributed by atoms with E-state index in [0.717, 1.165) is 11.1 Å². The van der Waals surface area contributed by atoms with Crippen LogP contribution >= 0.6 is 0 Å². The number of benzene rings is 3. The third kappa shape index (κ3) is 5.66. The van der Waals surface area contributed by atoms with E-state index in [1.807, 2.05) is 91.0 Å². The Morgan fingerprint density at radius 2 is 1.57 bits per heavy atom. The van der Waals surface area contributed by atoms with Crippen molar-refractivity contribution in [1.82, 2.24) is 10.2 Å². The number of nitrogens with two attached hydrogens (primary N) is 1. The van der Waals surface area contributed by atoms with Gasteiger partial charge in [0.25, 0.3) is 0 Å². The lowest BCUT2D eigenvalue weighted by Crippen LogP contribution is -2.56. The van der Waals surface area contributed by atoms with Crippen molar-refractivity contribution in [3.63, 3.8) is 0 Å².